The number of aliphatic hydroxyl groups is 1. The molecule has 1 aromatic heterocycles. The summed E-state index contributed by atoms with van der Waals surface area (Å²) in [5.74, 6) is -0.254. The van der Waals surface area contributed by atoms with Gasteiger partial charge >= 0.3 is 0 Å². The maximum atomic E-state index is 11.6. The molecule has 6 heteroatoms. The minimum Gasteiger partial charge on any atom is -0.395 e. The molecular formula is C12H18N4O2. The first-order valence-corrected chi connectivity index (χ1v) is 6.12. The monoisotopic (exact) mass is 250 g/mol. The molecule has 2 rings (SSSR count). The van der Waals surface area contributed by atoms with Crippen molar-refractivity contribution in [2.24, 2.45) is 0 Å². The number of amides is 1. The van der Waals surface area contributed by atoms with E-state index >= 15 is 0 Å². The first kappa shape index (κ1) is 12.8. The Labute approximate surface area is 106 Å². The maximum absolute atomic E-state index is 11.6. The van der Waals surface area contributed by atoms with Gasteiger partial charge in [-0.1, -0.05) is 0 Å². The van der Waals surface area contributed by atoms with Crippen LogP contribution in [0.1, 0.15) is 10.5 Å². The zero-order valence-corrected chi connectivity index (χ0v) is 10.2. The van der Waals surface area contributed by atoms with Gasteiger partial charge < -0.3 is 20.6 Å². The minimum absolute atomic E-state index is 0.0649. The second-order valence-corrected chi connectivity index (χ2v) is 4.12. The molecule has 98 valence electrons. The third-order valence-electron chi connectivity index (χ3n) is 2.86. The molecule has 0 saturated carbocycles. The highest BCUT2D eigenvalue weighted by Crippen LogP contribution is 2.13. The molecule has 0 unspecified atom stereocenters. The Balaban J connectivity index is 1.98. The van der Waals surface area contributed by atoms with Gasteiger partial charge in [0.05, 0.1) is 18.5 Å². The summed E-state index contributed by atoms with van der Waals surface area (Å²) in [7, 11) is 0. The van der Waals surface area contributed by atoms with Crippen LogP contribution < -0.4 is 15.5 Å². The fourth-order valence-electron chi connectivity index (χ4n) is 1.89. The molecule has 1 saturated heterocycles. The number of aliphatic hydroxyl groups excluding tert-OH is 1. The van der Waals surface area contributed by atoms with Crippen molar-refractivity contribution in [2.75, 3.05) is 44.2 Å². The van der Waals surface area contributed by atoms with E-state index < -0.39 is 0 Å². The predicted molar refractivity (Wildman–Crippen MR) is 68.7 cm³/mol. The molecule has 18 heavy (non-hydrogen) atoms. The van der Waals surface area contributed by atoms with Crippen molar-refractivity contribution in [1.29, 1.82) is 0 Å². The number of nitrogens with one attached hydrogen (secondary N) is 2. The van der Waals surface area contributed by atoms with Crippen molar-refractivity contribution in [3.8, 4) is 0 Å². The van der Waals surface area contributed by atoms with Gasteiger partial charge in [0.2, 0.25) is 0 Å². The smallest absolute Gasteiger partial charge is 0.269 e. The van der Waals surface area contributed by atoms with Crippen molar-refractivity contribution >= 4 is 11.6 Å². The number of rotatable bonds is 4. The Bertz CT molecular complexity index is 388. The van der Waals surface area contributed by atoms with Crippen LogP contribution in [0.2, 0.25) is 0 Å². The van der Waals surface area contributed by atoms with Crippen LogP contribution >= 0.6 is 0 Å². The van der Waals surface area contributed by atoms with Gasteiger partial charge in [-0.25, -0.2) is 4.98 Å². The third kappa shape index (κ3) is 3.18. The number of nitrogens with zero attached hydrogens (tertiary/aromatic N) is 2. The SMILES string of the molecule is O=C(NCCO)c1ccc(N2CCNCC2)cn1. The Kier molecular flexibility index (Phi) is 4.49. The molecule has 1 amide bonds. The highest BCUT2D eigenvalue weighted by molar-refractivity contribution is 5.92. The minimum atomic E-state index is -0.254. The molecule has 0 spiro atoms. The summed E-state index contributed by atoms with van der Waals surface area (Å²) in [6, 6.07) is 3.62. The Hall–Kier alpha value is -1.66. The maximum Gasteiger partial charge on any atom is 0.269 e. The van der Waals surface area contributed by atoms with E-state index in [1.807, 2.05) is 6.07 Å². The van der Waals surface area contributed by atoms with Crippen LogP contribution in [0.25, 0.3) is 0 Å². The molecule has 6 nitrogen and oxygen atoms in total. The van der Waals surface area contributed by atoms with Gasteiger partial charge in [-0.3, -0.25) is 4.79 Å². The summed E-state index contributed by atoms with van der Waals surface area (Å²) in [5, 5.41) is 14.5. The average Bonchev–Trinajstić information content (AvgIpc) is 2.46. The number of pyridine rings is 1. The summed E-state index contributed by atoms with van der Waals surface area (Å²) in [5.41, 5.74) is 1.41. The van der Waals surface area contributed by atoms with E-state index in [1.165, 1.54) is 0 Å². The molecular weight excluding hydrogens is 232 g/mol. The lowest BCUT2D eigenvalue weighted by Crippen LogP contribution is -2.43. The quantitative estimate of drug-likeness (QED) is 0.653. The van der Waals surface area contributed by atoms with E-state index in [9.17, 15) is 4.79 Å². The molecule has 0 atom stereocenters. The normalized spacial score (nSPS) is 15.5. The second-order valence-electron chi connectivity index (χ2n) is 4.12. The van der Waals surface area contributed by atoms with Gasteiger partial charge in [-0.2, -0.15) is 0 Å². The van der Waals surface area contributed by atoms with E-state index in [1.54, 1.807) is 12.3 Å². The number of hydrogen-bond acceptors (Lipinski definition) is 5. The first-order chi connectivity index (χ1) is 8.81. The molecule has 0 aromatic carbocycles. The summed E-state index contributed by atoms with van der Waals surface area (Å²) < 4.78 is 0. The Morgan fingerprint density at radius 3 is 2.83 bits per heavy atom. The van der Waals surface area contributed by atoms with Crippen molar-refractivity contribution < 1.29 is 9.90 Å². The molecule has 1 aromatic rings. The van der Waals surface area contributed by atoms with E-state index in [0.717, 1.165) is 31.9 Å². The van der Waals surface area contributed by atoms with Gasteiger partial charge in [0.15, 0.2) is 0 Å². The zero-order chi connectivity index (χ0) is 12.8. The highest BCUT2D eigenvalue weighted by atomic mass is 16.3. The zero-order valence-electron chi connectivity index (χ0n) is 10.2. The number of hydrogen-bond donors (Lipinski definition) is 3. The molecule has 0 radical (unpaired) electrons. The molecule has 2 heterocycles. The summed E-state index contributed by atoms with van der Waals surface area (Å²) in [4.78, 5) is 18.0. The fraction of sp³-hybridized carbons (Fsp3) is 0.500. The van der Waals surface area contributed by atoms with E-state index in [4.69, 9.17) is 5.11 Å². The predicted octanol–water partition coefficient (Wildman–Crippen LogP) is -0.787. The van der Waals surface area contributed by atoms with Crippen LogP contribution in [0, 0.1) is 0 Å². The van der Waals surface area contributed by atoms with Gasteiger partial charge in [-0.15, -0.1) is 0 Å². The van der Waals surface area contributed by atoms with Crippen LogP contribution in [0.15, 0.2) is 18.3 Å². The number of piperazine rings is 1. The second kappa shape index (κ2) is 6.32. The first-order valence-electron chi connectivity index (χ1n) is 6.12. The summed E-state index contributed by atoms with van der Waals surface area (Å²) >= 11 is 0. The molecule has 3 N–H and O–H groups in total. The van der Waals surface area contributed by atoms with Crippen molar-refractivity contribution in [2.45, 2.75) is 0 Å². The molecule has 1 fully saturated rings. The topological polar surface area (TPSA) is 77.5 Å². The Morgan fingerprint density at radius 1 is 1.44 bits per heavy atom. The van der Waals surface area contributed by atoms with Crippen LogP contribution in [-0.4, -0.2) is 55.3 Å². The van der Waals surface area contributed by atoms with Crippen molar-refractivity contribution in [3.05, 3.63) is 24.0 Å². The lowest BCUT2D eigenvalue weighted by atomic mass is 10.2. The van der Waals surface area contributed by atoms with Gasteiger partial charge in [0.1, 0.15) is 5.69 Å². The van der Waals surface area contributed by atoms with E-state index in [-0.39, 0.29) is 19.1 Å². The average molecular weight is 250 g/mol. The Morgan fingerprint density at radius 2 is 2.22 bits per heavy atom. The van der Waals surface area contributed by atoms with Crippen LogP contribution in [0.3, 0.4) is 0 Å². The lowest BCUT2D eigenvalue weighted by Gasteiger charge is -2.29. The highest BCUT2D eigenvalue weighted by Gasteiger charge is 2.12. The number of carbonyl (C=O) groups is 1. The number of carbonyl (C=O) groups excluding carboxylic acids is 1. The fourth-order valence-corrected chi connectivity index (χ4v) is 1.89. The van der Waals surface area contributed by atoms with Crippen LogP contribution in [-0.2, 0) is 0 Å². The van der Waals surface area contributed by atoms with E-state index in [2.05, 4.69) is 20.5 Å². The molecule has 0 aliphatic carbocycles. The van der Waals surface area contributed by atoms with Gasteiger partial charge in [0, 0.05) is 32.7 Å². The lowest BCUT2D eigenvalue weighted by molar-refractivity contribution is 0.0940. The van der Waals surface area contributed by atoms with Crippen molar-refractivity contribution in [1.82, 2.24) is 15.6 Å². The van der Waals surface area contributed by atoms with Crippen LogP contribution in [0.5, 0.6) is 0 Å². The summed E-state index contributed by atoms with van der Waals surface area (Å²) in [6.45, 7) is 4.04. The standard InChI is InChI=1S/C12H18N4O2/c17-8-5-14-12(18)11-2-1-10(9-15-11)16-6-3-13-4-7-16/h1-2,9,13,17H,3-8H2,(H,14,18). The molecule has 1 aliphatic heterocycles. The van der Waals surface area contributed by atoms with Gasteiger partial charge in [0.25, 0.3) is 5.91 Å². The number of anilines is 1. The molecule has 1 aliphatic rings. The number of aromatic nitrogens is 1. The van der Waals surface area contributed by atoms with Crippen molar-refractivity contribution in [3.63, 3.8) is 0 Å². The molecule has 0 bridgehead atoms. The van der Waals surface area contributed by atoms with Gasteiger partial charge in [-0.05, 0) is 12.1 Å². The van der Waals surface area contributed by atoms with Crippen LogP contribution in [0.4, 0.5) is 5.69 Å². The third-order valence-corrected chi connectivity index (χ3v) is 2.86. The largest absolute Gasteiger partial charge is 0.395 e. The summed E-state index contributed by atoms with van der Waals surface area (Å²) in [6.07, 6.45) is 1.72. The van der Waals surface area contributed by atoms with E-state index in [0.29, 0.717) is 5.69 Å².